The van der Waals surface area contributed by atoms with Gasteiger partial charge in [0.15, 0.2) is 0 Å². The maximum Gasteiger partial charge on any atom is 0.147 e. The van der Waals surface area contributed by atoms with Crippen molar-refractivity contribution in [1.29, 1.82) is 0 Å². The first-order chi connectivity index (χ1) is 8.33. The highest BCUT2D eigenvalue weighted by Gasteiger charge is 2.13. The number of halogens is 1. The van der Waals surface area contributed by atoms with Gasteiger partial charge in [-0.3, -0.25) is 0 Å². The number of aliphatic hydroxyl groups excluding tert-OH is 1. The molecule has 1 aromatic carbocycles. The minimum atomic E-state index is -2.97. The van der Waals surface area contributed by atoms with E-state index in [9.17, 15) is 13.5 Å². The largest absolute Gasteiger partial charge is 0.497 e. The lowest BCUT2D eigenvalue weighted by molar-refractivity contribution is 0.165. The number of rotatable bonds is 6. The van der Waals surface area contributed by atoms with Gasteiger partial charge in [-0.15, -0.1) is 0 Å². The Labute approximate surface area is 116 Å². The number of sulfone groups is 1. The zero-order valence-corrected chi connectivity index (χ0v) is 12.8. The molecule has 1 aromatic rings. The maximum atomic E-state index is 11.0. The number of aliphatic hydroxyl groups is 1. The summed E-state index contributed by atoms with van der Waals surface area (Å²) >= 11 is 3.36. The Hall–Kier alpha value is -0.590. The number of hydrogen-bond donors (Lipinski definition) is 1. The van der Waals surface area contributed by atoms with Gasteiger partial charge in [0.1, 0.15) is 15.6 Å². The van der Waals surface area contributed by atoms with Crippen LogP contribution in [0.5, 0.6) is 5.75 Å². The van der Waals surface area contributed by atoms with Crippen molar-refractivity contribution >= 4 is 25.8 Å². The Balaban J connectivity index is 2.69. The van der Waals surface area contributed by atoms with E-state index in [2.05, 4.69) is 15.9 Å². The first kappa shape index (κ1) is 15.5. The highest BCUT2D eigenvalue weighted by atomic mass is 79.9. The average molecular weight is 337 g/mol. The van der Waals surface area contributed by atoms with Gasteiger partial charge in [-0.2, -0.15) is 0 Å². The van der Waals surface area contributed by atoms with Crippen LogP contribution in [0.15, 0.2) is 22.7 Å². The van der Waals surface area contributed by atoms with Crippen LogP contribution < -0.4 is 4.74 Å². The van der Waals surface area contributed by atoms with Gasteiger partial charge in [0.2, 0.25) is 0 Å². The molecule has 1 unspecified atom stereocenters. The Morgan fingerprint density at radius 2 is 2.11 bits per heavy atom. The third-order valence-electron chi connectivity index (χ3n) is 2.55. The van der Waals surface area contributed by atoms with Crippen LogP contribution in [0.3, 0.4) is 0 Å². The number of hydrogen-bond acceptors (Lipinski definition) is 4. The second-order valence-electron chi connectivity index (χ2n) is 4.18. The van der Waals surface area contributed by atoms with Gasteiger partial charge in [-0.1, -0.05) is 15.9 Å². The fourth-order valence-electron chi connectivity index (χ4n) is 1.60. The van der Waals surface area contributed by atoms with Crippen LogP contribution in [0.25, 0.3) is 0 Å². The fourth-order valence-corrected chi connectivity index (χ4v) is 2.80. The second kappa shape index (κ2) is 6.54. The molecule has 18 heavy (non-hydrogen) atoms. The van der Waals surface area contributed by atoms with E-state index in [1.807, 2.05) is 0 Å². The first-order valence-corrected chi connectivity index (χ1v) is 8.38. The van der Waals surface area contributed by atoms with Gasteiger partial charge >= 0.3 is 0 Å². The Morgan fingerprint density at radius 1 is 1.44 bits per heavy atom. The molecular formula is C12H17BrO4S. The van der Waals surface area contributed by atoms with E-state index >= 15 is 0 Å². The van der Waals surface area contributed by atoms with Gasteiger partial charge < -0.3 is 9.84 Å². The quantitative estimate of drug-likeness (QED) is 0.865. The minimum Gasteiger partial charge on any atom is -0.497 e. The lowest BCUT2D eigenvalue weighted by Crippen LogP contribution is -2.06. The molecule has 0 aliphatic carbocycles. The van der Waals surface area contributed by atoms with Crippen molar-refractivity contribution in [1.82, 2.24) is 0 Å². The summed E-state index contributed by atoms with van der Waals surface area (Å²) in [5.74, 6) is 0.751. The van der Waals surface area contributed by atoms with E-state index in [0.29, 0.717) is 24.2 Å². The molecule has 0 saturated carbocycles. The SMILES string of the molecule is COc1ccc(Br)c(C(O)CCCS(C)(=O)=O)c1. The molecule has 1 N–H and O–H groups in total. The molecule has 1 atom stereocenters. The second-order valence-corrected chi connectivity index (χ2v) is 7.29. The van der Waals surface area contributed by atoms with Crippen LogP contribution in [0.4, 0.5) is 0 Å². The monoisotopic (exact) mass is 336 g/mol. The zero-order chi connectivity index (χ0) is 13.8. The Kier molecular flexibility index (Phi) is 5.62. The van der Waals surface area contributed by atoms with Gasteiger partial charge in [-0.25, -0.2) is 8.42 Å². The normalized spacial score (nSPS) is 13.3. The van der Waals surface area contributed by atoms with E-state index in [1.165, 1.54) is 6.26 Å². The molecule has 0 radical (unpaired) electrons. The molecule has 0 amide bonds. The van der Waals surface area contributed by atoms with Crippen molar-refractivity contribution in [3.8, 4) is 5.75 Å². The smallest absolute Gasteiger partial charge is 0.147 e. The van der Waals surface area contributed by atoms with Crippen molar-refractivity contribution < 1.29 is 18.3 Å². The van der Waals surface area contributed by atoms with E-state index in [1.54, 1.807) is 25.3 Å². The summed E-state index contributed by atoms with van der Waals surface area (Å²) in [7, 11) is -1.41. The lowest BCUT2D eigenvalue weighted by atomic mass is 10.1. The first-order valence-electron chi connectivity index (χ1n) is 5.52. The standard InChI is InChI=1S/C12H17BrO4S/c1-17-9-5-6-11(13)10(8-9)12(14)4-3-7-18(2,15)16/h5-6,8,12,14H,3-4,7H2,1-2H3. The lowest BCUT2D eigenvalue weighted by Gasteiger charge is -2.13. The van der Waals surface area contributed by atoms with Crippen LogP contribution in [-0.4, -0.2) is 32.6 Å². The van der Waals surface area contributed by atoms with Crippen molar-refractivity contribution in [2.24, 2.45) is 0 Å². The molecule has 0 spiro atoms. The summed E-state index contributed by atoms with van der Waals surface area (Å²) in [6.07, 6.45) is 1.33. The van der Waals surface area contributed by atoms with Crippen LogP contribution in [0.2, 0.25) is 0 Å². The predicted octanol–water partition coefficient (Wildman–Crippen LogP) is 2.32. The molecule has 0 saturated heterocycles. The average Bonchev–Trinajstić information content (AvgIpc) is 2.27. The third-order valence-corrected chi connectivity index (χ3v) is 4.31. The topological polar surface area (TPSA) is 63.6 Å². The molecule has 102 valence electrons. The molecular weight excluding hydrogens is 320 g/mol. The zero-order valence-electron chi connectivity index (χ0n) is 10.4. The third kappa shape index (κ3) is 4.96. The van der Waals surface area contributed by atoms with E-state index < -0.39 is 15.9 Å². The molecule has 0 aromatic heterocycles. The molecule has 0 aliphatic rings. The molecule has 1 rings (SSSR count). The number of methoxy groups -OCH3 is 1. The summed E-state index contributed by atoms with van der Waals surface area (Å²) < 4.78 is 27.9. The number of ether oxygens (including phenoxy) is 1. The van der Waals surface area contributed by atoms with Crippen LogP contribution in [-0.2, 0) is 9.84 Å². The predicted molar refractivity (Wildman–Crippen MR) is 74.6 cm³/mol. The van der Waals surface area contributed by atoms with Crippen molar-refractivity contribution in [3.05, 3.63) is 28.2 Å². The summed E-state index contributed by atoms with van der Waals surface area (Å²) in [4.78, 5) is 0. The van der Waals surface area contributed by atoms with Gasteiger partial charge in [-0.05, 0) is 36.6 Å². The van der Waals surface area contributed by atoms with Crippen LogP contribution in [0, 0.1) is 0 Å². The Bertz CT molecular complexity index is 499. The molecule has 0 heterocycles. The van der Waals surface area contributed by atoms with Crippen molar-refractivity contribution in [2.75, 3.05) is 19.1 Å². The fraction of sp³-hybridized carbons (Fsp3) is 0.500. The minimum absolute atomic E-state index is 0.0889. The van der Waals surface area contributed by atoms with Gasteiger partial charge in [0, 0.05) is 16.5 Å². The van der Waals surface area contributed by atoms with Crippen molar-refractivity contribution in [2.45, 2.75) is 18.9 Å². The van der Waals surface area contributed by atoms with E-state index in [-0.39, 0.29) is 5.75 Å². The van der Waals surface area contributed by atoms with E-state index in [4.69, 9.17) is 4.74 Å². The summed E-state index contributed by atoms with van der Waals surface area (Å²) in [6.45, 7) is 0. The molecule has 0 bridgehead atoms. The highest BCUT2D eigenvalue weighted by Crippen LogP contribution is 2.30. The Morgan fingerprint density at radius 3 is 2.67 bits per heavy atom. The van der Waals surface area contributed by atoms with Crippen LogP contribution in [0.1, 0.15) is 24.5 Å². The molecule has 4 nitrogen and oxygen atoms in total. The molecule has 0 aliphatic heterocycles. The highest BCUT2D eigenvalue weighted by molar-refractivity contribution is 9.10. The van der Waals surface area contributed by atoms with Gasteiger partial charge in [0.05, 0.1) is 13.2 Å². The molecule has 6 heteroatoms. The number of benzene rings is 1. The van der Waals surface area contributed by atoms with Gasteiger partial charge in [0.25, 0.3) is 0 Å². The summed E-state index contributed by atoms with van der Waals surface area (Å²) in [5, 5.41) is 10.0. The summed E-state index contributed by atoms with van der Waals surface area (Å²) in [5.41, 5.74) is 0.711. The maximum absolute atomic E-state index is 11.0. The summed E-state index contributed by atoms with van der Waals surface area (Å²) in [6, 6.07) is 5.33. The van der Waals surface area contributed by atoms with Crippen LogP contribution >= 0.6 is 15.9 Å². The molecule has 0 fully saturated rings. The van der Waals surface area contributed by atoms with E-state index in [0.717, 1.165) is 4.47 Å². The van der Waals surface area contributed by atoms with Crippen molar-refractivity contribution in [3.63, 3.8) is 0 Å².